The van der Waals surface area contributed by atoms with Gasteiger partial charge >= 0.3 is 0 Å². The maximum Gasteiger partial charge on any atom is 0.233 e. The summed E-state index contributed by atoms with van der Waals surface area (Å²) in [6.07, 6.45) is 2.27. The van der Waals surface area contributed by atoms with Gasteiger partial charge in [-0.25, -0.2) is 0 Å². The number of hydrogen-bond donors (Lipinski definition) is 2. The minimum Gasteiger partial charge on any atom is -0.383 e. The molecule has 144 valence electrons. The third-order valence-electron chi connectivity index (χ3n) is 4.29. The number of carbonyl (C=O) groups excluding carboxylic acids is 1. The first kappa shape index (κ1) is 24.1. The molecule has 0 saturated carbocycles. The van der Waals surface area contributed by atoms with Gasteiger partial charge in [0.2, 0.25) is 5.91 Å². The van der Waals surface area contributed by atoms with Gasteiger partial charge in [-0.2, -0.15) is 0 Å². The van der Waals surface area contributed by atoms with E-state index in [2.05, 4.69) is 45.9 Å². The number of ether oxygens (including phenoxy) is 1. The fourth-order valence-electron chi connectivity index (χ4n) is 2.91. The topological polar surface area (TPSA) is 53.6 Å². The molecule has 1 aromatic rings. The van der Waals surface area contributed by atoms with Crippen molar-refractivity contribution in [3.63, 3.8) is 0 Å². The van der Waals surface area contributed by atoms with Crippen molar-refractivity contribution in [1.29, 1.82) is 0 Å². The lowest BCUT2D eigenvalue weighted by atomic mass is 10.1. The molecular formula is C18H31Cl2N3O2. The van der Waals surface area contributed by atoms with E-state index in [1.165, 1.54) is 12.0 Å². The Hall–Kier alpha value is -0.850. The summed E-state index contributed by atoms with van der Waals surface area (Å²) in [7, 11) is 1.66. The van der Waals surface area contributed by atoms with Gasteiger partial charge in [-0.3, -0.25) is 4.79 Å². The first-order chi connectivity index (χ1) is 11.3. The fraction of sp³-hybridized carbons (Fsp3) is 0.611. The Morgan fingerprint density at radius 3 is 2.76 bits per heavy atom. The molecule has 1 saturated heterocycles. The molecule has 25 heavy (non-hydrogen) atoms. The van der Waals surface area contributed by atoms with E-state index in [1.54, 1.807) is 7.11 Å². The number of rotatable bonds is 10. The van der Waals surface area contributed by atoms with Gasteiger partial charge in [-0.15, -0.1) is 24.8 Å². The smallest absolute Gasteiger partial charge is 0.233 e. The van der Waals surface area contributed by atoms with Crippen molar-refractivity contribution in [3.8, 4) is 0 Å². The average Bonchev–Trinajstić information content (AvgIpc) is 3.04. The molecule has 0 spiro atoms. The van der Waals surface area contributed by atoms with Crippen LogP contribution in [0.4, 0.5) is 0 Å². The van der Waals surface area contributed by atoms with Crippen LogP contribution in [0.3, 0.4) is 0 Å². The van der Waals surface area contributed by atoms with E-state index >= 15 is 0 Å². The van der Waals surface area contributed by atoms with Crippen LogP contribution in [-0.2, 0) is 16.0 Å². The number of hydrogen-bond acceptors (Lipinski definition) is 4. The lowest BCUT2D eigenvalue weighted by Gasteiger charge is -2.16. The van der Waals surface area contributed by atoms with Crippen molar-refractivity contribution in [2.45, 2.75) is 12.8 Å². The van der Waals surface area contributed by atoms with Gasteiger partial charge in [-0.05, 0) is 30.9 Å². The number of nitrogens with zero attached hydrogens (tertiary/aromatic N) is 1. The van der Waals surface area contributed by atoms with Crippen LogP contribution in [0.15, 0.2) is 30.3 Å². The normalized spacial score (nSPS) is 16.8. The quantitative estimate of drug-likeness (QED) is 0.596. The van der Waals surface area contributed by atoms with Crippen molar-refractivity contribution in [1.82, 2.24) is 15.5 Å². The molecule has 1 aliphatic rings. The molecule has 1 fully saturated rings. The first-order valence-corrected chi connectivity index (χ1v) is 8.50. The number of carbonyl (C=O) groups is 1. The SMILES string of the molecule is COCCNCC(=O)NCC1CCN(CCc2ccccc2)C1.Cl.Cl. The average molecular weight is 392 g/mol. The molecule has 1 aromatic carbocycles. The van der Waals surface area contributed by atoms with E-state index in [0.717, 1.165) is 32.6 Å². The molecule has 1 heterocycles. The highest BCUT2D eigenvalue weighted by Gasteiger charge is 2.22. The lowest BCUT2D eigenvalue weighted by molar-refractivity contribution is -0.120. The molecule has 0 radical (unpaired) electrons. The molecule has 5 nitrogen and oxygen atoms in total. The van der Waals surface area contributed by atoms with Crippen LogP contribution in [0.5, 0.6) is 0 Å². The molecule has 1 aliphatic heterocycles. The molecule has 1 unspecified atom stereocenters. The number of benzene rings is 1. The summed E-state index contributed by atoms with van der Waals surface area (Å²) in [5.41, 5.74) is 1.39. The van der Waals surface area contributed by atoms with Crippen LogP contribution in [0.1, 0.15) is 12.0 Å². The molecule has 1 atom stereocenters. The summed E-state index contributed by atoms with van der Waals surface area (Å²) in [6.45, 7) is 5.82. The van der Waals surface area contributed by atoms with Gasteiger partial charge in [-0.1, -0.05) is 30.3 Å². The van der Waals surface area contributed by atoms with E-state index in [-0.39, 0.29) is 30.7 Å². The zero-order chi connectivity index (χ0) is 16.3. The minimum atomic E-state index is 0. The Labute approximate surface area is 163 Å². The standard InChI is InChI=1S/C18H29N3O2.2ClH/c1-23-12-9-19-14-18(22)20-13-17-8-11-21(15-17)10-7-16-5-3-2-4-6-16;;/h2-6,17,19H,7-15H2,1H3,(H,20,22);2*1H. The Morgan fingerprint density at radius 2 is 2.04 bits per heavy atom. The Balaban J connectivity index is 0.00000288. The minimum absolute atomic E-state index is 0. The van der Waals surface area contributed by atoms with Crippen LogP contribution in [-0.4, -0.2) is 63.8 Å². The van der Waals surface area contributed by atoms with Gasteiger partial charge in [0.15, 0.2) is 0 Å². The first-order valence-electron chi connectivity index (χ1n) is 8.50. The summed E-state index contributed by atoms with van der Waals surface area (Å²) in [4.78, 5) is 14.2. The van der Waals surface area contributed by atoms with E-state index in [9.17, 15) is 4.79 Å². The zero-order valence-electron chi connectivity index (χ0n) is 14.9. The van der Waals surface area contributed by atoms with Crippen LogP contribution >= 0.6 is 24.8 Å². The number of amides is 1. The summed E-state index contributed by atoms with van der Waals surface area (Å²) >= 11 is 0. The summed E-state index contributed by atoms with van der Waals surface area (Å²) in [5.74, 6) is 0.650. The molecule has 2 N–H and O–H groups in total. The zero-order valence-corrected chi connectivity index (χ0v) is 16.5. The molecule has 2 rings (SSSR count). The Bertz CT molecular complexity index is 463. The number of likely N-dealkylation sites (tertiary alicyclic amines) is 1. The fourth-order valence-corrected chi connectivity index (χ4v) is 2.91. The maximum absolute atomic E-state index is 11.7. The molecule has 7 heteroatoms. The number of halogens is 2. The largest absolute Gasteiger partial charge is 0.383 e. The van der Waals surface area contributed by atoms with Crippen LogP contribution in [0.25, 0.3) is 0 Å². The second-order valence-electron chi connectivity index (χ2n) is 6.16. The van der Waals surface area contributed by atoms with Crippen LogP contribution in [0, 0.1) is 5.92 Å². The van der Waals surface area contributed by atoms with Crippen molar-refractivity contribution in [2.75, 3.05) is 53.0 Å². The van der Waals surface area contributed by atoms with Crippen molar-refractivity contribution in [3.05, 3.63) is 35.9 Å². The monoisotopic (exact) mass is 391 g/mol. The third-order valence-corrected chi connectivity index (χ3v) is 4.29. The second kappa shape index (κ2) is 14.3. The number of methoxy groups -OCH3 is 1. The predicted octanol–water partition coefficient (Wildman–Crippen LogP) is 1.75. The van der Waals surface area contributed by atoms with E-state index in [0.29, 0.717) is 25.6 Å². The Kier molecular flexibility index (Phi) is 13.8. The van der Waals surface area contributed by atoms with Crippen LogP contribution < -0.4 is 10.6 Å². The van der Waals surface area contributed by atoms with Gasteiger partial charge in [0.05, 0.1) is 13.2 Å². The predicted molar refractivity (Wildman–Crippen MR) is 107 cm³/mol. The highest BCUT2D eigenvalue weighted by atomic mass is 35.5. The molecule has 0 aliphatic carbocycles. The number of nitrogens with one attached hydrogen (secondary N) is 2. The highest BCUT2D eigenvalue weighted by molar-refractivity contribution is 5.85. The van der Waals surface area contributed by atoms with Crippen molar-refractivity contribution < 1.29 is 9.53 Å². The molecule has 0 aromatic heterocycles. The van der Waals surface area contributed by atoms with E-state index < -0.39 is 0 Å². The van der Waals surface area contributed by atoms with Crippen molar-refractivity contribution in [2.24, 2.45) is 5.92 Å². The maximum atomic E-state index is 11.7. The van der Waals surface area contributed by atoms with Gasteiger partial charge in [0.25, 0.3) is 0 Å². The highest BCUT2D eigenvalue weighted by Crippen LogP contribution is 2.15. The van der Waals surface area contributed by atoms with Crippen LogP contribution in [0.2, 0.25) is 0 Å². The summed E-state index contributed by atoms with van der Waals surface area (Å²) in [6, 6.07) is 10.6. The molecule has 1 amide bonds. The molecular weight excluding hydrogens is 361 g/mol. The van der Waals surface area contributed by atoms with Gasteiger partial charge < -0.3 is 20.3 Å². The third kappa shape index (κ3) is 10.0. The molecule has 0 bridgehead atoms. The van der Waals surface area contributed by atoms with Gasteiger partial charge in [0, 0.05) is 33.3 Å². The second-order valence-corrected chi connectivity index (χ2v) is 6.16. The van der Waals surface area contributed by atoms with Crippen molar-refractivity contribution >= 4 is 30.7 Å². The Morgan fingerprint density at radius 1 is 1.28 bits per heavy atom. The van der Waals surface area contributed by atoms with E-state index in [1.807, 2.05) is 0 Å². The lowest BCUT2D eigenvalue weighted by Crippen LogP contribution is -2.38. The van der Waals surface area contributed by atoms with E-state index in [4.69, 9.17) is 4.74 Å². The summed E-state index contributed by atoms with van der Waals surface area (Å²) in [5, 5.41) is 6.09. The summed E-state index contributed by atoms with van der Waals surface area (Å²) < 4.78 is 4.93. The van der Waals surface area contributed by atoms with Gasteiger partial charge in [0.1, 0.15) is 0 Å².